The molecule has 2 aromatic heterocycles. The van der Waals surface area contributed by atoms with Crippen LogP contribution >= 0.6 is 0 Å². The van der Waals surface area contributed by atoms with E-state index in [1.807, 2.05) is 6.92 Å². The molecule has 1 N–H and O–H groups in total. The van der Waals surface area contributed by atoms with Crippen LogP contribution in [0, 0.1) is 31.3 Å². The number of carbonyl (C=O) groups is 2. The summed E-state index contributed by atoms with van der Waals surface area (Å²) in [7, 11) is 0. The zero-order chi connectivity index (χ0) is 27.8. The van der Waals surface area contributed by atoms with Gasteiger partial charge in [0.05, 0.1) is 42.3 Å². The molecule has 39 heavy (non-hydrogen) atoms. The first-order valence-electron chi connectivity index (χ1n) is 12.4. The molecule has 1 atom stereocenters. The number of nitrogens with one attached hydrogen (secondary N) is 1. The van der Waals surface area contributed by atoms with Gasteiger partial charge in [0, 0.05) is 31.3 Å². The molecule has 5 rings (SSSR count). The normalized spacial score (nSPS) is 16.9. The van der Waals surface area contributed by atoms with Gasteiger partial charge in [0.15, 0.2) is 17.4 Å². The molecule has 3 aromatic rings. The molecule has 1 saturated heterocycles. The first-order valence-corrected chi connectivity index (χ1v) is 12.4. The van der Waals surface area contributed by atoms with E-state index in [-0.39, 0.29) is 30.6 Å². The number of hydrogen-bond acceptors (Lipinski definition) is 6. The van der Waals surface area contributed by atoms with Crippen molar-refractivity contribution in [2.75, 3.05) is 19.6 Å². The van der Waals surface area contributed by atoms with Crippen LogP contribution in [-0.2, 0) is 0 Å². The predicted molar refractivity (Wildman–Crippen MR) is 134 cm³/mol. The summed E-state index contributed by atoms with van der Waals surface area (Å²) in [6.07, 6.45) is 2.35. The van der Waals surface area contributed by atoms with E-state index in [1.165, 1.54) is 39.0 Å². The van der Waals surface area contributed by atoms with Crippen molar-refractivity contribution in [2.45, 2.75) is 39.3 Å². The molecule has 1 fully saturated rings. The topological polar surface area (TPSA) is 105 Å². The molecular weight excluding hydrogens is 515 g/mol. The second-order valence-corrected chi connectivity index (χ2v) is 9.31. The van der Waals surface area contributed by atoms with Gasteiger partial charge in [-0.05, 0) is 38.5 Å². The lowest BCUT2D eigenvalue weighted by Gasteiger charge is -2.41. The van der Waals surface area contributed by atoms with E-state index in [0.717, 1.165) is 12.3 Å². The highest BCUT2D eigenvalue weighted by molar-refractivity contribution is 5.96. The Bertz CT molecular complexity index is 1450. The van der Waals surface area contributed by atoms with Gasteiger partial charge in [-0.2, -0.15) is 10.2 Å². The van der Waals surface area contributed by atoms with Crippen LogP contribution < -0.4 is 10.1 Å². The average molecular weight is 542 g/mol. The highest BCUT2D eigenvalue weighted by Crippen LogP contribution is 2.32. The fourth-order valence-electron chi connectivity index (χ4n) is 4.70. The minimum Gasteiger partial charge on any atom is -0.483 e. The maximum absolute atomic E-state index is 14.6. The molecular formula is C26H26F3N7O3. The highest BCUT2D eigenvalue weighted by Gasteiger charge is 2.39. The third-order valence-corrected chi connectivity index (χ3v) is 6.59. The fourth-order valence-corrected chi connectivity index (χ4v) is 4.70. The second-order valence-electron chi connectivity index (χ2n) is 9.31. The molecule has 0 saturated carbocycles. The number of pyridine rings is 1. The third kappa shape index (κ3) is 5.03. The summed E-state index contributed by atoms with van der Waals surface area (Å²) >= 11 is 0. The lowest BCUT2D eigenvalue weighted by Crippen LogP contribution is -2.58. The maximum atomic E-state index is 14.6. The quantitative estimate of drug-likeness (QED) is 0.513. The molecule has 0 bridgehead atoms. The van der Waals surface area contributed by atoms with Gasteiger partial charge in [-0.15, -0.1) is 0 Å². The molecule has 204 valence electrons. The number of hydrogen-bond donors (Lipinski definition) is 1. The summed E-state index contributed by atoms with van der Waals surface area (Å²) in [5, 5.41) is 12.4. The Morgan fingerprint density at radius 3 is 2.51 bits per heavy atom. The molecule has 3 amide bonds. The minimum atomic E-state index is -0.735. The highest BCUT2D eigenvalue weighted by atomic mass is 19.1. The number of aromatic nitrogens is 3. The first kappa shape index (κ1) is 26.2. The third-order valence-electron chi connectivity index (χ3n) is 6.59. The van der Waals surface area contributed by atoms with Gasteiger partial charge in [-0.1, -0.05) is 0 Å². The van der Waals surface area contributed by atoms with Gasteiger partial charge < -0.3 is 15.0 Å². The molecule has 10 nitrogen and oxygen atoms in total. The van der Waals surface area contributed by atoms with Crippen LogP contribution in [0.15, 0.2) is 35.6 Å². The fraction of sp³-hybridized carbons (Fsp3) is 0.346. The summed E-state index contributed by atoms with van der Waals surface area (Å²) < 4.78 is 49.3. The molecule has 2 aliphatic rings. The number of likely N-dealkylation sites (tertiary alicyclic amines) is 1. The van der Waals surface area contributed by atoms with Crippen molar-refractivity contribution in [3.63, 3.8) is 0 Å². The number of hydrazone groups is 1. The predicted octanol–water partition coefficient (Wildman–Crippen LogP) is 3.67. The largest absolute Gasteiger partial charge is 0.483 e. The van der Waals surface area contributed by atoms with Crippen molar-refractivity contribution in [3.8, 4) is 11.6 Å². The number of halogens is 3. The molecule has 0 spiro atoms. The number of benzene rings is 1. The lowest BCUT2D eigenvalue weighted by molar-refractivity contribution is 0.0256. The first-order chi connectivity index (χ1) is 18.7. The monoisotopic (exact) mass is 541 g/mol. The Morgan fingerprint density at radius 1 is 1.10 bits per heavy atom. The van der Waals surface area contributed by atoms with Crippen molar-refractivity contribution in [2.24, 2.45) is 5.10 Å². The van der Waals surface area contributed by atoms with Gasteiger partial charge >= 0.3 is 6.03 Å². The molecule has 0 unspecified atom stereocenters. The van der Waals surface area contributed by atoms with Gasteiger partial charge in [0.25, 0.3) is 5.91 Å². The zero-order valence-electron chi connectivity index (χ0n) is 21.5. The van der Waals surface area contributed by atoms with E-state index in [0.29, 0.717) is 35.5 Å². The smallest absolute Gasteiger partial charge is 0.341 e. The van der Waals surface area contributed by atoms with Crippen LogP contribution in [0.4, 0.5) is 18.0 Å². The zero-order valence-corrected chi connectivity index (χ0v) is 21.5. The molecule has 0 aliphatic carbocycles. The molecule has 4 heterocycles. The van der Waals surface area contributed by atoms with Crippen LogP contribution in [0.1, 0.15) is 46.7 Å². The van der Waals surface area contributed by atoms with E-state index in [4.69, 9.17) is 4.74 Å². The summed E-state index contributed by atoms with van der Waals surface area (Å²) in [4.78, 5) is 31.0. The summed E-state index contributed by atoms with van der Waals surface area (Å²) in [6, 6.07) is 3.43. The second kappa shape index (κ2) is 10.4. The van der Waals surface area contributed by atoms with Crippen molar-refractivity contribution < 1.29 is 27.5 Å². The summed E-state index contributed by atoms with van der Waals surface area (Å²) in [6.45, 7) is 6.02. The number of nitrogens with zero attached hydrogens (tertiary/aromatic N) is 6. The standard InChI is InChI=1S/C26H26F3N7O3/c1-4-30-25(37)24-14(2)33-35(15(24)3)23-10-22(20(29)11-31-23)39-19-12-34(13-19)26(38)36-21(5-6-32-36)16-7-17(27)9-18(28)8-16/h6-11,19,21H,4-5,12-13H2,1-3H3,(H,30,37)/t21-/m0/s1. The number of ether oxygens (including phenoxy) is 1. The Kier molecular flexibility index (Phi) is 6.98. The molecule has 1 aromatic carbocycles. The van der Waals surface area contributed by atoms with Crippen LogP contribution in [0.5, 0.6) is 5.75 Å². The van der Waals surface area contributed by atoms with Crippen LogP contribution in [0.25, 0.3) is 5.82 Å². The number of aryl methyl sites for hydroxylation is 1. The molecule has 13 heteroatoms. The minimum absolute atomic E-state index is 0.0727. The molecule has 2 aliphatic heterocycles. The van der Waals surface area contributed by atoms with Gasteiger partial charge in [0.2, 0.25) is 0 Å². The average Bonchev–Trinajstić information content (AvgIpc) is 3.46. The van der Waals surface area contributed by atoms with E-state index >= 15 is 0 Å². The Hall–Kier alpha value is -4.42. The van der Waals surface area contributed by atoms with E-state index in [2.05, 4.69) is 20.5 Å². The Morgan fingerprint density at radius 2 is 1.82 bits per heavy atom. The Labute approximate surface area is 222 Å². The van der Waals surface area contributed by atoms with Crippen LogP contribution in [-0.4, -0.2) is 68.6 Å². The SMILES string of the molecule is CCNC(=O)c1c(C)nn(-c2cc(OC3CN(C(=O)N4N=CC[C@H]4c4cc(F)cc(F)c4)C3)c(F)cn2)c1C. The maximum Gasteiger partial charge on any atom is 0.341 e. The van der Waals surface area contributed by atoms with Crippen LogP contribution in [0.2, 0.25) is 0 Å². The Balaban J connectivity index is 1.26. The van der Waals surface area contributed by atoms with Gasteiger partial charge in [0.1, 0.15) is 17.7 Å². The van der Waals surface area contributed by atoms with E-state index in [1.54, 1.807) is 13.8 Å². The number of urea groups is 1. The van der Waals surface area contributed by atoms with Gasteiger partial charge in [-0.25, -0.2) is 32.6 Å². The number of rotatable bonds is 6. The number of amides is 3. The molecule has 0 radical (unpaired) electrons. The van der Waals surface area contributed by atoms with Crippen LogP contribution in [0.3, 0.4) is 0 Å². The van der Waals surface area contributed by atoms with Gasteiger partial charge in [-0.3, -0.25) is 4.79 Å². The van der Waals surface area contributed by atoms with Crippen molar-refractivity contribution in [1.82, 2.24) is 30.0 Å². The summed E-state index contributed by atoms with van der Waals surface area (Å²) in [5.41, 5.74) is 1.77. The van der Waals surface area contributed by atoms with Crippen molar-refractivity contribution >= 4 is 18.2 Å². The lowest BCUT2D eigenvalue weighted by atomic mass is 10.0. The van der Waals surface area contributed by atoms with Crippen molar-refractivity contribution in [1.29, 1.82) is 0 Å². The number of carbonyl (C=O) groups excluding carboxylic acids is 2. The summed E-state index contributed by atoms with van der Waals surface area (Å²) in [5.74, 6) is -2.22. The van der Waals surface area contributed by atoms with E-state index < -0.39 is 35.6 Å². The van der Waals surface area contributed by atoms with E-state index in [9.17, 15) is 22.8 Å². The van der Waals surface area contributed by atoms with Crippen molar-refractivity contribution in [3.05, 3.63) is 70.4 Å².